The van der Waals surface area contributed by atoms with E-state index < -0.39 is 23.7 Å². The molecule has 1 aromatic rings. The Kier molecular flexibility index (Phi) is 7.56. The molecule has 0 heterocycles. The lowest BCUT2D eigenvalue weighted by atomic mass is 10.1. The van der Waals surface area contributed by atoms with Gasteiger partial charge in [-0.1, -0.05) is 15.9 Å². The molecule has 0 aliphatic carbocycles. The first kappa shape index (κ1) is 19.8. The van der Waals surface area contributed by atoms with Gasteiger partial charge in [0.25, 0.3) is 6.23 Å². The van der Waals surface area contributed by atoms with E-state index in [4.69, 9.17) is 5.26 Å². The molecule has 0 bridgehead atoms. The number of benzene rings is 1. The normalized spacial score (nSPS) is 12.7. The largest absolute Gasteiger partial charge is 0.621 e. The average Bonchev–Trinajstić information content (AvgIpc) is 2.61. The van der Waals surface area contributed by atoms with Crippen LogP contribution in [0.5, 0.6) is 0 Å². The van der Waals surface area contributed by atoms with Crippen molar-refractivity contribution >= 4 is 33.6 Å². The van der Waals surface area contributed by atoms with Gasteiger partial charge in [0.15, 0.2) is 5.57 Å². The van der Waals surface area contributed by atoms with Crippen molar-refractivity contribution in [3.05, 3.63) is 51.2 Å². The van der Waals surface area contributed by atoms with Gasteiger partial charge in [0.2, 0.25) is 5.71 Å². The third kappa shape index (κ3) is 4.88. The Hall–Kier alpha value is -2.23. The maximum absolute atomic E-state index is 12.4. The number of hydroxylamine groups is 1. The molecular formula is C15H16BrNO7. The van der Waals surface area contributed by atoms with Crippen molar-refractivity contribution < 1.29 is 33.9 Å². The maximum Gasteiger partial charge on any atom is 0.345 e. The fourth-order valence-electron chi connectivity index (χ4n) is 1.69. The summed E-state index contributed by atoms with van der Waals surface area (Å²) >= 11 is 3.26. The van der Waals surface area contributed by atoms with Gasteiger partial charge in [0, 0.05) is 23.0 Å². The summed E-state index contributed by atoms with van der Waals surface area (Å²) in [5.74, 6) is -1.94. The number of nitrogens with zero attached hydrogens (tertiary/aromatic N) is 1. The van der Waals surface area contributed by atoms with Crippen molar-refractivity contribution in [2.75, 3.05) is 14.2 Å². The molecule has 1 atom stereocenters. The maximum atomic E-state index is 12.4. The number of ether oxygens (including phenoxy) is 2. The Morgan fingerprint density at radius 3 is 2.12 bits per heavy atom. The van der Waals surface area contributed by atoms with Crippen molar-refractivity contribution in [2.24, 2.45) is 0 Å². The quantitative estimate of drug-likeness (QED) is 0.0739. The van der Waals surface area contributed by atoms with E-state index in [1.54, 1.807) is 24.3 Å². The highest BCUT2D eigenvalue weighted by atomic mass is 79.9. The molecule has 1 unspecified atom stereocenters. The molecule has 1 aromatic carbocycles. The first-order valence-corrected chi connectivity index (χ1v) is 7.42. The van der Waals surface area contributed by atoms with E-state index >= 15 is 0 Å². The zero-order chi connectivity index (χ0) is 18.3. The van der Waals surface area contributed by atoms with E-state index in [0.717, 1.165) is 24.8 Å². The van der Waals surface area contributed by atoms with E-state index in [9.17, 15) is 14.8 Å². The van der Waals surface area contributed by atoms with Crippen LogP contribution in [0.2, 0.25) is 0 Å². The van der Waals surface area contributed by atoms with Gasteiger partial charge in [-0.3, -0.25) is 0 Å². The van der Waals surface area contributed by atoms with Gasteiger partial charge in [-0.25, -0.2) is 14.8 Å². The molecule has 8 nitrogen and oxygen atoms in total. The second-order valence-electron chi connectivity index (χ2n) is 4.46. The third-order valence-corrected chi connectivity index (χ3v) is 3.48. The summed E-state index contributed by atoms with van der Waals surface area (Å²) in [5, 5.41) is 21.1. The van der Waals surface area contributed by atoms with Gasteiger partial charge in [0.1, 0.15) is 0 Å². The summed E-state index contributed by atoms with van der Waals surface area (Å²) in [4.78, 5) is 27.6. The minimum Gasteiger partial charge on any atom is -0.621 e. The Labute approximate surface area is 146 Å². The van der Waals surface area contributed by atoms with Crippen LogP contribution in [0.15, 0.2) is 40.4 Å². The van der Waals surface area contributed by atoms with Crippen molar-refractivity contribution in [1.29, 1.82) is 0 Å². The summed E-state index contributed by atoms with van der Waals surface area (Å²) in [6.07, 6.45) is -0.264. The fraction of sp³-hybridized carbons (Fsp3) is 0.267. The number of halogens is 1. The number of carbonyl (C=O) groups is 2. The molecule has 1 N–H and O–H groups in total. The summed E-state index contributed by atoms with van der Waals surface area (Å²) in [6.45, 7) is 1.29. The van der Waals surface area contributed by atoms with E-state index in [2.05, 4.69) is 30.3 Å². The fourth-order valence-corrected chi connectivity index (χ4v) is 1.96. The molecule has 130 valence electrons. The highest BCUT2D eigenvalue weighted by molar-refractivity contribution is 9.10. The zero-order valence-corrected chi connectivity index (χ0v) is 14.8. The van der Waals surface area contributed by atoms with Crippen LogP contribution in [0.3, 0.4) is 0 Å². The van der Waals surface area contributed by atoms with Crippen LogP contribution < -0.4 is 0 Å². The molecule has 0 spiro atoms. The highest BCUT2D eigenvalue weighted by Gasteiger charge is 2.25. The lowest BCUT2D eigenvalue weighted by Crippen LogP contribution is -2.28. The number of rotatable bonds is 6. The molecule has 24 heavy (non-hydrogen) atoms. The van der Waals surface area contributed by atoms with Gasteiger partial charge >= 0.3 is 11.9 Å². The minimum absolute atomic E-state index is 0.102. The minimum atomic E-state index is -1.28. The molecule has 0 fully saturated rings. The number of esters is 2. The molecule has 0 saturated heterocycles. The lowest BCUT2D eigenvalue weighted by Gasteiger charge is -2.13. The number of hydrogen-bond acceptors (Lipinski definition) is 7. The zero-order valence-electron chi connectivity index (χ0n) is 13.2. The van der Waals surface area contributed by atoms with Gasteiger partial charge in [-0.05, 0) is 24.3 Å². The van der Waals surface area contributed by atoms with E-state index in [1.807, 2.05) is 0 Å². The standard InChI is InChI=1S/C15H16BrNO7/c1-9(24-21)17(20)13(10-4-6-11(16)7-5-10)8-12(14(18)22-2)15(19)23-3/h4-9,21H,1-3H3/b17-13-. The summed E-state index contributed by atoms with van der Waals surface area (Å²) in [6, 6.07) is 6.49. The number of carbonyl (C=O) groups excluding carboxylic acids is 2. The predicted octanol–water partition coefficient (Wildman–Crippen LogP) is 1.86. The van der Waals surface area contributed by atoms with Crippen molar-refractivity contribution in [1.82, 2.24) is 0 Å². The number of methoxy groups -OCH3 is 2. The van der Waals surface area contributed by atoms with E-state index in [-0.39, 0.29) is 5.71 Å². The molecule has 0 aliphatic heterocycles. The molecule has 0 amide bonds. The number of hydrogen-bond donors (Lipinski definition) is 1. The van der Waals surface area contributed by atoms with Crippen LogP contribution in [0.1, 0.15) is 12.5 Å². The van der Waals surface area contributed by atoms with Gasteiger partial charge in [-0.15, -0.1) is 0 Å². The Balaban J connectivity index is 3.57. The van der Waals surface area contributed by atoms with Crippen LogP contribution in [0.4, 0.5) is 0 Å². The number of allylic oxidation sites excluding steroid dienone is 1. The van der Waals surface area contributed by atoms with E-state index in [1.165, 1.54) is 6.92 Å². The van der Waals surface area contributed by atoms with E-state index in [0.29, 0.717) is 10.3 Å². The topological polar surface area (TPSA) is 108 Å². The highest BCUT2D eigenvalue weighted by Crippen LogP contribution is 2.14. The molecule has 0 aliphatic rings. The molecular weight excluding hydrogens is 386 g/mol. The van der Waals surface area contributed by atoms with Crippen molar-refractivity contribution in [3.8, 4) is 0 Å². The van der Waals surface area contributed by atoms with Crippen LogP contribution in [-0.4, -0.2) is 48.1 Å². The summed E-state index contributed by atoms with van der Waals surface area (Å²) in [7, 11) is 2.18. The monoisotopic (exact) mass is 401 g/mol. The van der Waals surface area contributed by atoms with Gasteiger partial charge in [0.05, 0.1) is 14.2 Å². The molecule has 1 rings (SSSR count). The van der Waals surface area contributed by atoms with Crippen LogP contribution in [0, 0.1) is 5.21 Å². The van der Waals surface area contributed by atoms with Gasteiger partial charge in [-0.2, -0.15) is 9.63 Å². The Bertz CT molecular complexity index is 649. The molecule has 9 heteroatoms. The SMILES string of the molecule is COC(=O)C(=C/C(c1ccc(Br)cc1)=[N+](/[O-])C(C)OO)C(=O)OC. The van der Waals surface area contributed by atoms with Crippen molar-refractivity contribution in [2.45, 2.75) is 13.2 Å². The van der Waals surface area contributed by atoms with Crippen LogP contribution >= 0.6 is 15.9 Å². The first-order valence-electron chi connectivity index (χ1n) is 6.63. The summed E-state index contributed by atoms with van der Waals surface area (Å²) < 4.78 is 10.1. The smallest absolute Gasteiger partial charge is 0.345 e. The first-order chi connectivity index (χ1) is 11.3. The molecule has 0 saturated carbocycles. The Morgan fingerprint density at radius 2 is 1.71 bits per heavy atom. The lowest BCUT2D eigenvalue weighted by molar-refractivity contribution is -0.595. The predicted molar refractivity (Wildman–Crippen MR) is 87.2 cm³/mol. The summed E-state index contributed by atoms with van der Waals surface area (Å²) in [5.41, 5.74) is -0.207. The average molecular weight is 402 g/mol. The Morgan fingerprint density at radius 1 is 1.21 bits per heavy atom. The third-order valence-electron chi connectivity index (χ3n) is 2.95. The van der Waals surface area contributed by atoms with Gasteiger partial charge < -0.3 is 14.7 Å². The molecule has 0 aromatic heterocycles. The van der Waals surface area contributed by atoms with Crippen molar-refractivity contribution in [3.63, 3.8) is 0 Å². The van der Waals surface area contributed by atoms with Crippen LogP contribution in [0.25, 0.3) is 0 Å². The second kappa shape index (κ2) is 9.16. The van der Waals surface area contributed by atoms with Crippen LogP contribution in [-0.2, 0) is 24.0 Å². The molecule has 0 radical (unpaired) electrons. The second-order valence-corrected chi connectivity index (χ2v) is 5.38.